The topological polar surface area (TPSA) is 73.0 Å². The summed E-state index contributed by atoms with van der Waals surface area (Å²) in [5, 5.41) is 0.537. The molecule has 0 atom stereocenters. The molecule has 1 aromatic heterocycles. The van der Waals surface area contributed by atoms with Gasteiger partial charge in [0.1, 0.15) is 15.7 Å². The summed E-state index contributed by atoms with van der Waals surface area (Å²) in [6.07, 6.45) is 1.51. The minimum absolute atomic E-state index is 0.0310. The Morgan fingerprint density at radius 3 is 2.79 bits per heavy atom. The summed E-state index contributed by atoms with van der Waals surface area (Å²) in [7, 11) is -3.02. The van der Waals surface area contributed by atoms with Crippen molar-refractivity contribution in [2.24, 2.45) is 5.73 Å². The lowest BCUT2D eigenvalue weighted by atomic mass is 10.6. The van der Waals surface area contributed by atoms with Crippen LogP contribution in [0.3, 0.4) is 0 Å². The summed E-state index contributed by atoms with van der Waals surface area (Å²) in [6.45, 7) is 1.61. The van der Waals surface area contributed by atoms with Crippen LogP contribution in [0.1, 0.15) is 16.8 Å². The summed E-state index contributed by atoms with van der Waals surface area (Å²) in [5.41, 5.74) is 5.38. The number of sulfone groups is 1. The average molecular weight is 250 g/mol. The largest absolute Gasteiger partial charge is 0.389 e. The van der Waals surface area contributed by atoms with Crippen LogP contribution in [0, 0.1) is 0 Å². The van der Waals surface area contributed by atoms with Crippen LogP contribution < -0.4 is 5.73 Å². The van der Waals surface area contributed by atoms with Gasteiger partial charge in [0, 0.05) is 11.9 Å². The Morgan fingerprint density at radius 1 is 1.71 bits per heavy atom. The number of thiocarbonyl (C=S) groups is 1. The molecule has 0 radical (unpaired) electrons. The van der Waals surface area contributed by atoms with E-state index in [9.17, 15) is 8.42 Å². The second-order valence-electron chi connectivity index (χ2n) is 2.66. The molecule has 7 heteroatoms. The van der Waals surface area contributed by atoms with Gasteiger partial charge in [-0.1, -0.05) is 19.1 Å². The minimum atomic E-state index is -3.02. The van der Waals surface area contributed by atoms with Crippen molar-refractivity contribution in [1.82, 2.24) is 4.98 Å². The molecule has 0 fully saturated rings. The number of thiazole rings is 1. The second-order valence-corrected chi connectivity index (χ2v) is 6.57. The molecule has 0 aliphatic rings. The van der Waals surface area contributed by atoms with E-state index < -0.39 is 9.84 Å². The van der Waals surface area contributed by atoms with Gasteiger partial charge in [-0.2, -0.15) is 0 Å². The lowest BCUT2D eigenvalue weighted by molar-refractivity contribution is 0.596. The molecule has 0 saturated carbocycles. The quantitative estimate of drug-likeness (QED) is 0.797. The molecular formula is C7H10N2O2S3. The van der Waals surface area contributed by atoms with Crippen molar-refractivity contribution in [3.63, 3.8) is 0 Å². The first-order valence-corrected chi connectivity index (χ1v) is 6.94. The number of aromatic nitrogens is 1. The summed E-state index contributed by atoms with van der Waals surface area (Å²) in [4.78, 5) is 4.85. The van der Waals surface area contributed by atoms with E-state index in [0.29, 0.717) is 9.88 Å². The highest BCUT2D eigenvalue weighted by Crippen LogP contribution is 2.15. The molecule has 0 aliphatic heterocycles. The summed E-state index contributed by atoms with van der Waals surface area (Å²) < 4.78 is 22.5. The van der Waals surface area contributed by atoms with E-state index in [0.717, 1.165) is 0 Å². The van der Waals surface area contributed by atoms with E-state index in [1.54, 1.807) is 6.92 Å². The number of hydrogen-bond acceptors (Lipinski definition) is 5. The van der Waals surface area contributed by atoms with Crippen molar-refractivity contribution >= 4 is 38.4 Å². The van der Waals surface area contributed by atoms with Crippen LogP contribution in [-0.4, -0.2) is 24.1 Å². The van der Waals surface area contributed by atoms with Crippen LogP contribution in [0.15, 0.2) is 6.20 Å². The highest BCUT2D eigenvalue weighted by Gasteiger charge is 2.12. The van der Waals surface area contributed by atoms with Crippen molar-refractivity contribution in [3.05, 3.63) is 16.1 Å². The van der Waals surface area contributed by atoms with Gasteiger partial charge in [-0.3, -0.25) is 0 Å². The number of nitrogens with two attached hydrogens (primary N) is 1. The Kier molecular flexibility index (Phi) is 3.57. The van der Waals surface area contributed by atoms with Crippen molar-refractivity contribution in [1.29, 1.82) is 0 Å². The fourth-order valence-corrected chi connectivity index (χ4v) is 2.95. The molecule has 0 unspecified atom stereocenters. The fraction of sp³-hybridized carbons (Fsp3) is 0.429. The maximum absolute atomic E-state index is 11.3. The molecule has 4 nitrogen and oxygen atoms in total. The number of hydrogen-bond donors (Lipinski definition) is 1. The lowest BCUT2D eigenvalue weighted by Gasteiger charge is -1.95. The minimum Gasteiger partial charge on any atom is -0.389 e. The maximum Gasteiger partial charge on any atom is 0.156 e. The normalized spacial score (nSPS) is 11.5. The smallest absolute Gasteiger partial charge is 0.156 e. The zero-order chi connectivity index (χ0) is 10.8. The molecule has 1 heterocycles. The van der Waals surface area contributed by atoms with Crippen molar-refractivity contribution in [2.45, 2.75) is 12.7 Å². The van der Waals surface area contributed by atoms with E-state index >= 15 is 0 Å². The van der Waals surface area contributed by atoms with Crippen molar-refractivity contribution in [3.8, 4) is 0 Å². The third-order valence-electron chi connectivity index (χ3n) is 1.58. The molecule has 14 heavy (non-hydrogen) atoms. The highest BCUT2D eigenvalue weighted by atomic mass is 32.2. The van der Waals surface area contributed by atoms with Gasteiger partial charge in [0.15, 0.2) is 9.84 Å². The van der Waals surface area contributed by atoms with Crippen LogP contribution in [0.2, 0.25) is 0 Å². The van der Waals surface area contributed by atoms with Gasteiger partial charge in [0.2, 0.25) is 0 Å². The molecule has 0 amide bonds. The van der Waals surface area contributed by atoms with Gasteiger partial charge in [0.25, 0.3) is 0 Å². The average Bonchev–Trinajstić information content (AvgIpc) is 2.52. The Balaban J connectivity index is 2.84. The molecule has 0 saturated heterocycles. The van der Waals surface area contributed by atoms with Crippen LogP contribution in [0.25, 0.3) is 0 Å². The number of rotatable bonds is 4. The summed E-state index contributed by atoms with van der Waals surface area (Å²) >= 11 is 5.97. The fourth-order valence-electron chi connectivity index (χ4n) is 0.781. The molecule has 1 aromatic rings. The predicted molar refractivity (Wildman–Crippen MR) is 61.2 cm³/mol. The van der Waals surface area contributed by atoms with E-state index in [1.165, 1.54) is 17.5 Å². The maximum atomic E-state index is 11.3. The molecule has 78 valence electrons. The van der Waals surface area contributed by atoms with Crippen molar-refractivity contribution < 1.29 is 8.42 Å². The van der Waals surface area contributed by atoms with Gasteiger partial charge in [-0.05, 0) is 0 Å². The monoisotopic (exact) mass is 250 g/mol. The Morgan fingerprint density at radius 2 is 2.36 bits per heavy atom. The van der Waals surface area contributed by atoms with E-state index in [2.05, 4.69) is 4.98 Å². The molecule has 0 spiro atoms. The Hall–Kier alpha value is -0.530. The van der Waals surface area contributed by atoms with Crippen LogP contribution in [0.4, 0.5) is 0 Å². The second kappa shape index (κ2) is 4.33. The van der Waals surface area contributed by atoms with Gasteiger partial charge in [-0.25, -0.2) is 13.4 Å². The zero-order valence-corrected chi connectivity index (χ0v) is 10.0. The first-order chi connectivity index (χ1) is 6.44. The molecular weight excluding hydrogens is 240 g/mol. The standard InChI is InChI=1S/C7H10N2O2S3/c1-2-14(10,11)4-6-9-3-5(13-6)7(8)12/h3H,2,4H2,1H3,(H2,8,12). The lowest BCUT2D eigenvalue weighted by Crippen LogP contribution is -2.07. The first-order valence-electron chi connectivity index (χ1n) is 3.89. The van der Waals surface area contributed by atoms with Crippen molar-refractivity contribution in [2.75, 3.05) is 5.75 Å². The Labute approximate surface area is 92.1 Å². The van der Waals surface area contributed by atoms with Crippen LogP contribution in [-0.2, 0) is 15.6 Å². The van der Waals surface area contributed by atoms with E-state index in [-0.39, 0.29) is 16.5 Å². The van der Waals surface area contributed by atoms with Gasteiger partial charge >= 0.3 is 0 Å². The summed E-state index contributed by atoms with van der Waals surface area (Å²) in [6, 6.07) is 0. The summed E-state index contributed by atoms with van der Waals surface area (Å²) in [5.74, 6) is 0.0891. The van der Waals surface area contributed by atoms with Gasteiger partial charge in [0.05, 0.1) is 4.88 Å². The highest BCUT2D eigenvalue weighted by molar-refractivity contribution is 7.90. The molecule has 0 bridgehead atoms. The predicted octanol–water partition coefficient (Wildman–Crippen LogP) is 0.712. The Bertz CT molecular complexity index is 436. The van der Waals surface area contributed by atoms with E-state index in [4.69, 9.17) is 18.0 Å². The SMILES string of the molecule is CCS(=O)(=O)Cc1ncc(C(N)=S)s1. The van der Waals surface area contributed by atoms with E-state index in [1.807, 2.05) is 0 Å². The zero-order valence-electron chi connectivity index (χ0n) is 7.56. The van der Waals surface area contributed by atoms with Gasteiger partial charge in [-0.15, -0.1) is 11.3 Å². The molecule has 1 rings (SSSR count). The first kappa shape index (κ1) is 11.5. The molecule has 0 aromatic carbocycles. The van der Waals surface area contributed by atoms with Crippen LogP contribution in [0.5, 0.6) is 0 Å². The molecule has 2 N–H and O–H groups in total. The third kappa shape index (κ3) is 3.00. The van der Waals surface area contributed by atoms with Crippen LogP contribution >= 0.6 is 23.6 Å². The molecule has 0 aliphatic carbocycles. The third-order valence-corrected chi connectivity index (χ3v) is 4.74. The van der Waals surface area contributed by atoms with Gasteiger partial charge < -0.3 is 5.73 Å². The number of nitrogens with zero attached hydrogens (tertiary/aromatic N) is 1.